The molecule has 0 bridgehead atoms. The van der Waals surface area contributed by atoms with Gasteiger partial charge in [0.1, 0.15) is 17.9 Å². The van der Waals surface area contributed by atoms with E-state index in [1.165, 1.54) is 26.5 Å². The lowest BCUT2D eigenvalue weighted by molar-refractivity contribution is -0.165. The Bertz CT molecular complexity index is 962. The van der Waals surface area contributed by atoms with E-state index in [2.05, 4.69) is 15.0 Å². The van der Waals surface area contributed by atoms with E-state index in [0.29, 0.717) is 30.8 Å². The van der Waals surface area contributed by atoms with Gasteiger partial charge in [-0.15, -0.1) is 0 Å². The first-order valence-corrected chi connectivity index (χ1v) is 9.78. The summed E-state index contributed by atoms with van der Waals surface area (Å²) in [4.78, 5) is 38.1. The highest BCUT2D eigenvalue weighted by atomic mass is 16.6. The normalized spacial score (nSPS) is 23.6. The summed E-state index contributed by atoms with van der Waals surface area (Å²) in [6.45, 7) is 4.04. The van der Waals surface area contributed by atoms with Gasteiger partial charge >= 0.3 is 11.9 Å². The van der Waals surface area contributed by atoms with Crippen molar-refractivity contribution in [2.75, 3.05) is 32.4 Å². The van der Waals surface area contributed by atoms with E-state index in [0.717, 1.165) is 0 Å². The molecule has 0 saturated carbocycles. The van der Waals surface area contributed by atoms with Gasteiger partial charge in [-0.2, -0.15) is 0 Å². The van der Waals surface area contributed by atoms with Gasteiger partial charge in [-0.1, -0.05) is 12.2 Å². The standard InChI is InChI=1S/C19H27N7O5/c1-11(27)29-15-13(8-25(3)7-5-4-6-20)31-19(16(15)30-12(2)28)26-10-24-14-17(21)22-9-23-18(14)26/h4-5,9-10,13,15-16,19H,6-8,20H2,1-3H3,(H2,21,22,23)/b5-4-/t13-,15-,16-,19-/m1/s1. The molecule has 1 aliphatic heterocycles. The molecular formula is C19H27N7O5. The molecule has 0 amide bonds. The molecule has 3 rings (SSSR count). The monoisotopic (exact) mass is 433 g/mol. The van der Waals surface area contributed by atoms with E-state index in [9.17, 15) is 9.59 Å². The second-order valence-electron chi connectivity index (χ2n) is 7.22. The van der Waals surface area contributed by atoms with Crippen molar-refractivity contribution < 1.29 is 23.8 Å². The van der Waals surface area contributed by atoms with Crippen molar-refractivity contribution in [1.29, 1.82) is 0 Å². The summed E-state index contributed by atoms with van der Waals surface area (Å²) in [6.07, 6.45) is 3.43. The minimum atomic E-state index is -0.909. The summed E-state index contributed by atoms with van der Waals surface area (Å²) in [5, 5.41) is 0. The van der Waals surface area contributed by atoms with Crippen LogP contribution in [0.4, 0.5) is 5.82 Å². The molecule has 0 aliphatic carbocycles. The number of hydrogen-bond donors (Lipinski definition) is 2. The molecule has 12 heteroatoms. The van der Waals surface area contributed by atoms with E-state index in [-0.39, 0.29) is 5.82 Å². The Morgan fingerprint density at radius 2 is 1.90 bits per heavy atom. The molecule has 1 saturated heterocycles. The smallest absolute Gasteiger partial charge is 0.303 e. The summed E-state index contributed by atoms with van der Waals surface area (Å²) in [7, 11) is 1.89. The van der Waals surface area contributed by atoms with E-state index in [4.69, 9.17) is 25.7 Å². The molecule has 0 spiro atoms. The zero-order valence-corrected chi connectivity index (χ0v) is 17.7. The molecule has 4 atom stereocenters. The zero-order valence-electron chi connectivity index (χ0n) is 17.7. The number of imidazole rings is 1. The van der Waals surface area contributed by atoms with Crippen molar-refractivity contribution in [3.05, 3.63) is 24.8 Å². The Hall–Kier alpha value is -3.09. The van der Waals surface area contributed by atoms with Crippen molar-refractivity contribution in [2.24, 2.45) is 5.73 Å². The van der Waals surface area contributed by atoms with Gasteiger partial charge in [0, 0.05) is 33.5 Å². The molecule has 2 aromatic heterocycles. The van der Waals surface area contributed by atoms with Gasteiger partial charge in [0.05, 0.1) is 6.33 Å². The van der Waals surface area contributed by atoms with Crippen LogP contribution in [0.5, 0.6) is 0 Å². The first kappa shape index (κ1) is 22.6. The number of rotatable bonds is 8. The number of carbonyl (C=O) groups excluding carboxylic acids is 2. The van der Waals surface area contributed by atoms with Crippen molar-refractivity contribution in [3.63, 3.8) is 0 Å². The molecule has 2 aromatic rings. The summed E-state index contributed by atoms with van der Waals surface area (Å²) < 4.78 is 18.9. The second-order valence-corrected chi connectivity index (χ2v) is 7.22. The maximum absolute atomic E-state index is 11.8. The molecule has 0 aromatic carbocycles. The largest absolute Gasteiger partial charge is 0.456 e. The number of likely N-dealkylation sites (N-methyl/N-ethyl adjacent to an activating group) is 1. The van der Waals surface area contributed by atoms with Crippen molar-refractivity contribution >= 4 is 28.9 Å². The van der Waals surface area contributed by atoms with Crippen LogP contribution in [0.1, 0.15) is 20.1 Å². The van der Waals surface area contributed by atoms with Crippen LogP contribution in [0.2, 0.25) is 0 Å². The molecule has 0 unspecified atom stereocenters. The first-order valence-electron chi connectivity index (χ1n) is 9.78. The molecule has 31 heavy (non-hydrogen) atoms. The lowest BCUT2D eigenvalue weighted by Gasteiger charge is -2.25. The van der Waals surface area contributed by atoms with Crippen LogP contribution in [0.25, 0.3) is 11.2 Å². The maximum Gasteiger partial charge on any atom is 0.303 e. The van der Waals surface area contributed by atoms with Crippen LogP contribution in [-0.2, 0) is 23.8 Å². The predicted octanol–water partition coefficient (Wildman–Crippen LogP) is -0.384. The quantitative estimate of drug-likeness (QED) is 0.412. The average molecular weight is 433 g/mol. The van der Waals surface area contributed by atoms with Crippen LogP contribution in [0, 0.1) is 0 Å². The molecule has 1 fully saturated rings. The lowest BCUT2D eigenvalue weighted by Crippen LogP contribution is -2.43. The van der Waals surface area contributed by atoms with Gasteiger partial charge in [0.15, 0.2) is 29.9 Å². The third-order valence-electron chi connectivity index (χ3n) is 4.76. The number of fused-ring (bicyclic) bond motifs is 1. The molecule has 12 nitrogen and oxygen atoms in total. The van der Waals surface area contributed by atoms with E-state index in [1.54, 1.807) is 4.57 Å². The third kappa shape index (κ3) is 5.16. The highest BCUT2D eigenvalue weighted by Gasteiger charge is 2.50. The summed E-state index contributed by atoms with van der Waals surface area (Å²) in [5.74, 6) is -0.830. The van der Waals surface area contributed by atoms with Crippen LogP contribution in [0.15, 0.2) is 24.8 Å². The molecule has 1 aliphatic rings. The number of nitrogens with zero attached hydrogens (tertiary/aromatic N) is 5. The lowest BCUT2D eigenvalue weighted by atomic mass is 10.1. The number of nitrogen functional groups attached to an aromatic ring is 1. The minimum absolute atomic E-state index is 0.213. The van der Waals surface area contributed by atoms with E-state index < -0.39 is 36.5 Å². The van der Waals surface area contributed by atoms with Gasteiger partial charge in [-0.3, -0.25) is 19.1 Å². The van der Waals surface area contributed by atoms with Crippen molar-refractivity contribution in [3.8, 4) is 0 Å². The SMILES string of the molecule is CC(=O)O[C@@H]1[C@H](OC(C)=O)[C@@H](CN(C)C/C=C\CN)O[C@H]1n1cnc2c(N)ncnc21. The third-order valence-corrected chi connectivity index (χ3v) is 4.76. The van der Waals surface area contributed by atoms with Crippen molar-refractivity contribution in [2.45, 2.75) is 38.4 Å². The number of esters is 2. The number of hydrogen-bond acceptors (Lipinski definition) is 11. The number of nitrogens with two attached hydrogens (primary N) is 2. The molecule has 4 N–H and O–H groups in total. The van der Waals surface area contributed by atoms with E-state index in [1.807, 2.05) is 24.1 Å². The highest BCUT2D eigenvalue weighted by Crippen LogP contribution is 2.36. The topological polar surface area (TPSA) is 161 Å². The van der Waals surface area contributed by atoms with E-state index >= 15 is 0 Å². The van der Waals surface area contributed by atoms with Gasteiger partial charge in [0.25, 0.3) is 0 Å². The summed E-state index contributed by atoms with van der Waals surface area (Å²) >= 11 is 0. The molecule has 0 radical (unpaired) electrons. The summed E-state index contributed by atoms with van der Waals surface area (Å²) in [6, 6.07) is 0. The van der Waals surface area contributed by atoms with Crippen LogP contribution in [-0.4, -0.2) is 81.4 Å². The maximum atomic E-state index is 11.8. The Kier molecular flexibility index (Phi) is 7.15. The van der Waals surface area contributed by atoms with Gasteiger partial charge in [-0.25, -0.2) is 15.0 Å². The fourth-order valence-corrected chi connectivity index (χ4v) is 3.52. The Labute approximate surface area is 179 Å². The highest BCUT2D eigenvalue weighted by molar-refractivity contribution is 5.81. The number of carbonyl (C=O) groups is 2. The average Bonchev–Trinajstić information content (AvgIpc) is 3.25. The molecule has 168 valence electrons. The minimum Gasteiger partial charge on any atom is -0.456 e. The Morgan fingerprint density at radius 1 is 1.19 bits per heavy atom. The number of anilines is 1. The van der Waals surface area contributed by atoms with Crippen LogP contribution in [0.3, 0.4) is 0 Å². The number of aromatic nitrogens is 4. The Balaban J connectivity index is 1.94. The fourth-order valence-electron chi connectivity index (χ4n) is 3.52. The molecule has 3 heterocycles. The van der Waals surface area contributed by atoms with Crippen molar-refractivity contribution in [1.82, 2.24) is 24.4 Å². The van der Waals surface area contributed by atoms with Crippen LogP contribution >= 0.6 is 0 Å². The van der Waals surface area contributed by atoms with Crippen LogP contribution < -0.4 is 11.5 Å². The van der Waals surface area contributed by atoms with Gasteiger partial charge in [0.2, 0.25) is 0 Å². The number of ether oxygens (including phenoxy) is 3. The molecular weight excluding hydrogens is 406 g/mol. The Morgan fingerprint density at radius 3 is 2.58 bits per heavy atom. The van der Waals surface area contributed by atoms with Gasteiger partial charge in [-0.05, 0) is 7.05 Å². The predicted molar refractivity (Wildman–Crippen MR) is 110 cm³/mol. The second kappa shape index (κ2) is 9.81. The summed E-state index contributed by atoms with van der Waals surface area (Å²) in [5.41, 5.74) is 12.2. The van der Waals surface area contributed by atoms with Gasteiger partial charge < -0.3 is 25.7 Å². The fraction of sp³-hybridized carbons (Fsp3) is 0.526. The zero-order chi connectivity index (χ0) is 22.5. The first-order chi connectivity index (χ1) is 14.8.